The highest BCUT2D eigenvalue weighted by Crippen LogP contribution is 2.35. The maximum Gasteiger partial charge on any atom is 0.101 e. The van der Waals surface area contributed by atoms with E-state index in [0.29, 0.717) is 17.5 Å². The van der Waals surface area contributed by atoms with E-state index in [1.165, 1.54) is 5.57 Å². The van der Waals surface area contributed by atoms with E-state index >= 15 is 0 Å². The highest BCUT2D eigenvalue weighted by Gasteiger charge is 2.34. The molecular weight excluding hydrogens is 198 g/mol. The average molecular weight is 211 g/mol. The molecule has 1 N–H and O–H groups in total. The second kappa shape index (κ2) is 3.43. The first-order valence-electron chi connectivity index (χ1n) is 5.59. The van der Waals surface area contributed by atoms with Crippen molar-refractivity contribution in [3.8, 4) is 6.07 Å². The number of nitriles is 1. The summed E-state index contributed by atoms with van der Waals surface area (Å²) in [4.78, 5) is 4.28. The van der Waals surface area contributed by atoms with Gasteiger partial charge < -0.3 is 5.32 Å². The third kappa shape index (κ3) is 1.35. The van der Waals surface area contributed by atoms with Crippen molar-refractivity contribution in [3.05, 3.63) is 35.2 Å². The number of aromatic nitrogens is 1. The van der Waals surface area contributed by atoms with Crippen molar-refractivity contribution in [2.24, 2.45) is 5.92 Å². The quantitative estimate of drug-likeness (QED) is 0.768. The first-order valence-corrected chi connectivity index (χ1v) is 5.59. The van der Waals surface area contributed by atoms with Crippen LogP contribution in [0.15, 0.2) is 18.3 Å². The van der Waals surface area contributed by atoms with E-state index in [4.69, 9.17) is 5.26 Å². The maximum absolute atomic E-state index is 8.98. The largest absolute Gasteiger partial charge is 0.312 e. The molecule has 1 aliphatic carbocycles. The summed E-state index contributed by atoms with van der Waals surface area (Å²) in [5.74, 6) is 0.696. The molecule has 16 heavy (non-hydrogen) atoms. The molecule has 0 amide bonds. The Morgan fingerprint density at radius 1 is 1.56 bits per heavy atom. The summed E-state index contributed by atoms with van der Waals surface area (Å²) in [6, 6.07) is 4.78. The van der Waals surface area contributed by atoms with Gasteiger partial charge in [0.25, 0.3) is 0 Å². The maximum atomic E-state index is 8.98. The van der Waals surface area contributed by atoms with Crippen molar-refractivity contribution in [1.82, 2.24) is 10.3 Å². The lowest BCUT2D eigenvalue weighted by Crippen LogP contribution is -2.49. The van der Waals surface area contributed by atoms with Crippen LogP contribution in [-0.2, 0) is 0 Å². The Morgan fingerprint density at radius 2 is 2.44 bits per heavy atom. The van der Waals surface area contributed by atoms with Crippen molar-refractivity contribution in [2.75, 3.05) is 6.54 Å². The van der Waals surface area contributed by atoms with E-state index in [1.807, 2.05) is 19.2 Å². The molecule has 3 heteroatoms. The summed E-state index contributed by atoms with van der Waals surface area (Å²) in [5, 5.41) is 12.4. The van der Waals surface area contributed by atoms with Gasteiger partial charge in [-0.15, -0.1) is 0 Å². The predicted molar refractivity (Wildman–Crippen MR) is 61.6 cm³/mol. The average Bonchev–Trinajstić information content (AvgIpc) is 2.56. The minimum Gasteiger partial charge on any atom is -0.312 e. The first-order chi connectivity index (χ1) is 7.78. The number of rotatable bonds is 1. The van der Waals surface area contributed by atoms with Crippen LogP contribution in [0.4, 0.5) is 0 Å². The summed E-state index contributed by atoms with van der Waals surface area (Å²) in [6.07, 6.45) is 5.28. The zero-order chi connectivity index (χ0) is 11.1. The molecule has 0 bridgehead atoms. The molecule has 2 atom stereocenters. The molecule has 1 aliphatic heterocycles. The van der Waals surface area contributed by atoms with Crippen LogP contribution in [0.1, 0.15) is 23.2 Å². The third-order valence-corrected chi connectivity index (χ3v) is 3.57. The van der Waals surface area contributed by atoms with E-state index in [-0.39, 0.29) is 0 Å². The standard InChI is InChI=1S/C13H13N3/c1-8-10(5-14)3-11(6-15-8)9-2-12-7-16-13(12)4-9/h2-3,6,12-13,16H,4,7H2,1H3. The molecule has 1 fully saturated rings. The molecule has 0 radical (unpaired) electrons. The molecule has 3 nitrogen and oxygen atoms in total. The summed E-state index contributed by atoms with van der Waals surface area (Å²) >= 11 is 0. The Bertz CT molecular complexity index is 510. The number of hydrogen-bond acceptors (Lipinski definition) is 3. The van der Waals surface area contributed by atoms with E-state index in [9.17, 15) is 0 Å². The Labute approximate surface area is 94.8 Å². The second-order valence-corrected chi connectivity index (χ2v) is 4.54. The van der Waals surface area contributed by atoms with Gasteiger partial charge in [0.2, 0.25) is 0 Å². The minimum absolute atomic E-state index is 0.627. The molecular formula is C13H13N3. The number of pyridine rings is 1. The Kier molecular flexibility index (Phi) is 2.05. The van der Waals surface area contributed by atoms with Gasteiger partial charge in [0, 0.05) is 24.7 Å². The number of nitrogens with zero attached hydrogens (tertiary/aromatic N) is 2. The SMILES string of the molecule is Cc1ncc(C2=CC3CNC3C2)cc1C#N. The van der Waals surface area contributed by atoms with Crippen molar-refractivity contribution < 1.29 is 0 Å². The van der Waals surface area contributed by atoms with Gasteiger partial charge >= 0.3 is 0 Å². The first kappa shape index (κ1) is 9.56. The molecule has 0 aromatic carbocycles. The van der Waals surface area contributed by atoms with E-state index in [1.54, 1.807) is 0 Å². The van der Waals surface area contributed by atoms with E-state index in [2.05, 4.69) is 22.4 Å². The predicted octanol–water partition coefficient (Wildman–Crippen LogP) is 1.64. The van der Waals surface area contributed by atoms with Gasteiger partial charge in [0.1, 0.15) is 6.07 Å². The molecule has 1 aromatic rings. The molecule has 2 unspecified atom stereocenters. The summed E-state index contributed by atoms with van der Waals surface area (Å²) in [7, 11) is 0. The molecule has 2 heterocycles. The minimum atomic E-state index is 0.627. The van der Waals surface area contributed by atoms with E-state index in [0.717, 1.165) is 24.2 Å². The summed E-state index contributed by atoms with van der Waals surface area (Å²) < 4.78 is 0. The fraction of sp³-hybridized carbons (Fsp3) is 0.385. The highest BCUT2D eigenvalue weighted by atomic mass is 15.0. The van der Waals surface area contributed by atoms with Gasteiger partial charge in [0.05, 0.1) is 11.3 Å². The lowest BCUT2D eigenvalue weighted by molar-refractivity contribution is 0.306. The number of nitrogens with one attached hydrogen (secondary N) is 1. The van der Waals surface area contributed by atoms with Gasteiger partial charge in [0.15, 0.2) is 0 Å². The monoisotopic (exact) mass is 211 g/mol. The molecule has 0 saturated carbocycles. The zero-order valence-corrected chi connectivity index (χ0v) is 9.20. The Morgan fingerprint density at radius 3 is 3.00 bits per heavy atom. The van der Waals surface area contributed by atoms with Crippen LogP contribution >= 0.6 is 0 Å². The van der Waals surface area contributed by atoms with Crippen LogP contribution in [0.2, 0.25) is 0 Å². The number of hydrogen-bond donors (Lipinski definition) is 1. The molecule has 1 aromatic heterocycles. The van der Waals surface area contributed by atoms with Crippen molar-refractivity contribution in [1.29, 1.82) is 5.26 Å². The van der Waals surface area contributed by atoms with Crippen LogP contribution in [0.5, 0.6) is 0 Å². The topological polar surface area (TPSA) is 48.7 Å². The molecule has 0 spiro atoms. The van der Waals surface area contributed by atoms with Crippen LogP contribution < -0.4 is 5.32 Å². The van der Waals surface area contributed by atoms with Crippen molar-refractivity contribution >= 4 is 5.57 Å². The van der Waals surface area contributed by atoms with Crippen LogP contribution in [0.3, 0.4) is 0 Å². The normalized spacial score (nSPS) is 26.6. The smallest absolute Gasteiger partial charge is 0.101 e. The van der Waals surface area contributed by atoms with Gasteiger partial charge in [-0.25, -0.2) is 0 Å². The van der Waals surface area contributed by atoms with Crippen LogP contribution in [0.25, 0.3) is 5.57 Å². The van der Waals surface area contributed by atoms with Crippen LogP contribution in [-0.4, -0.2) is 17.6 Å². The van der Waals surface area contributed by atoms with Crippen LogP contribution in [0, 0.1) is 24.2 Å². The number of aryl methyl sites for hydroxylation is 1. The molecule has 80 valence electrons. The van der Waals surface area contributed by atoms with Crippen molar-refractivity contribution in [3.63, 3.8) is 0 Å². The number of fused-ring (bicyclic) bond motifs is 1. The van der Waals surface area contributed by atoms with Gasteiger partial charge in [-0.2, -0.15) is 5.26 Å². The Hall–Kier alpha value is -1.66. The zero-order valence-electron chi connectivity index (χ0n) is 9.20. The van der Waals surface area contributed by atoms with Gasteiger partial charge in [-0.3, -0.25) is 4.98 Å². The second-order valence-electron chi connectivity index (χ2n) is 4.54. The molecule has 3 rings (SSSR count). The molecule has 1 saturated heterocycles. The van der Waals surface area contributed by atoms with Gasteiger partial charge in [-0.1, -0.05) is 6.08 Å². The third-order valence-electron chi connectivity index (χ3n) is 3.57. The summed E-state index contributed by atoms with van der Waals surface area (Å²) in [6.45, 7) is 2.97. The lowest BCUT2D eigenvalue weighted by atomic mass is 9.95. The fourth-order valence-corrected chi connectivity index (χ4v) is 2.42. The van der Waals surface area contributed by atoms with E-state index < -0.39 is 0 Å². The fourth-order valence-electron chi connectivity index (χ4n) is 2.42. The summed E-state index contributed by atoms with van der Waals surface area (Å²) in [5.41, 5.74) is 3.94. The lowest BCUT2D eigenvalue weighted by Gasteiger charge is -2.31. The van der Waals surface area contributed by atoms with Crippen molar-refractivity contribution in [2.45, 2.75) is 19.4 Å². The van der Waals surface area contributed by atoms with Gasteiger partial charge in [-0.05, 0) is 30.5 Å². The Balaban J connectivity index is 1.96. The highest BCUT2D eigenvalue weighted by molar-refractivity contribution is 5.70. The molecule has 2 aliphatic rings.